The molecule has 0 radical (unpaired) electrons. The molecule has 0 spiro atoms. The number of nitrogens with one attached hydrogen (secondary N) is 1. The van der Waals surface area contributed by atoms with Crippen molar-refractivity contribution in [1.82, 2.24) is 10.4 Å². The molecule has 1 N–H and O–H groups in total. The fourth-order valence-electron chi connectivity index (χ4n) is 1.73. The molecule has 9 heteroatoms. The zero-order valence-corrected chi connectivity index (χ0v) is 14.9. The monoisotopic (exact) mass is 360 g/mol. The smallest absolute Gasteiger partial charge is 0.335 e. The molecule has 0 unspecified atom stereocenters. The van der Waals surface area contributed by atoms with E-state index in [1.54, 1.807) is 0 Å². The van der Waals surface area contributed by atoms with Crippen molar-refractivity contribution in [2.45, 2.75) is 33.1 Å². The molecule has 136 valence electrons. The van der Waals surface area contributed by atoms with Crippen LogP contribution in [0.4, 0.5) is 0 Å². The van der Waals surface area contributed by atoms with Gasteiger partial charge in [0.15, 0.2) is 0 Å². The van der Waals surface area contributed by atoms with Gasteiger partial charge in [0.05, 0.1) is 37.8 Å². The summed E-state index contributed by atoms with van der Waals surface area (Å²) in [7, 11) is 0. The molecule has 1 rings (SSSR count). The van der Waals surface area contributed by atoms with Crippen LogP contribution in [-0.2, 0) is 28.7 Å². The third kappa shape index (κ3) is 7.80. The van der Waals surface area contributed by atoms with E-state index in [-0.39, 0.29) is 25.9 Å². The zero-order chi connectivity index (χ0) is 17.9. The van der Waals surface area contributed by atoms with Crippen LogP contribution in [0.2, 0.25) is 0 Å². The van der Waals surface area contributed by atoms with Gasteiger partial charge in [-0.25, -0.2) is 4.79 Å². The van der Waals surface area contributed by atoms with Crippen LogP contribution < -0.4 is 5.32 Å². The average Bonchev–Trinajstić information content (AvgIpc) is 2.84. The summed E-state index contributed by atoms with van der Waals surface area (Å²) in [4.78, 5) is 39.5. The minimum absolute atomic E-state index is 0.0404. The van der Waals surface area contributed by atoms with Crippen molar-refractivity contribution in [2.24, 2.45) is 5.92 Å². The SMILES string of the molecule is CC(C)C(=S)NCCOCCOCCC(=O)ON1C(=O)CCC1=O. The highest BCUT2D eigenvalue weighted by atomic mass is 32.1. The number of carbonyl (C=O) groups is 3. The Balaban J connectivity index is 1.95. The zero-order valence-electron chi connectivity index (χ0n) is 14.0. The maximum Gasteiger partial charge on any atom is 0.335 e. The molecule has 0 aromatic carbocycles. The second-order valence-corrected chi connectivity index (χ2v) is 5.91. The predicted molar refractivity (Wildman–Crippen MR) is 88.9 cm³/mol. The quantitative estimate of drug-likeness (QED) is 0.325. The van der Waals surface area contributed by atoms with Gasteiger partial charge in [0.25, 0.3) is 11.8 Å². The van der Waals surface area contributed by atoms with Crippen LogP contribution in [0.15, 0.2) is 0 Å². The Morgan fingerprint density at radius 2 is 1.71 bits per heavy atom. The Morgan fingerprint density at radius 3 is 2.29 bits per heavy atom. The number of hydrogen-bond acceptors (Lipinski definition) is 7. The standard InChI is InChI=1S/C15H24N2O6S/c1-11(2)15(24)16-6-8-22-10-9-21-7-5-14(20)23-17-12(18)3-4-13(17)19/h11H,3-10H2,1-2H3,(H,16,24). The first-order valence-electron chi connectivity index (χ1n) is 7.91. The fraction of sp³-hybridized carbons (Fsp3) is 0.733. The van der Waals surface area contributed by atoms with E-state index in [2.05, 4.69) is 5.32 Å². The van der Waals surface area contributed by atoms with Crippen molar-refractivity contribution in [3.05, 3.63) is 0 Å². The molecule has 0 aromatic rings. The van der Waals surface area contributed by atoms with Gasteiger partial charge in [-0.2, -0.15) is 0 Å². The summed E-state index contributed by atoms with van der Waals surface area (Å²) in [6.45, 7) is 6.06. The summed E-state index contributed by atoms with van der Waals surface area (Å²) in [5.74, 6) is -1.35. The molecular formula is C15H24N2O6S. The highest BCUT2D eigenvalue weighted by molar-refractivity contribution is 7.80. The molecule has 1 aliphatic heterocycles. The molecule has 0 atom stereocenters. The Bertz CT molecular complexity index is 453. The summed E-state index contributed by atoms with van der Waals surface area (Å²) in [6.07, 6.45) is 0.120. The van der Waals surface area contributed by atoms with Gasteiger partial charge in [0.1, 0.15) is 0 Å². The van der Waals surface area contributed by atoms with E-state index in [9.17, 15) is 14.4 Å². The van der Waals surface area contributed by atoms with Gasteiger partial charge in [0.2, 0.25) is 0 Å². The van der Waals surface area contributed by atoms with Gasteiger partial charge in [0, 0.05) is 25.3 Å². The summed E-state index contributed by atoms with van der Waals surface area (Å²) < 4.78 is 10.6. The molecule has 0 aromatic heterocycles. The van der Waals surface area contributed by atoms with Gasteiger partial charge in [-0.1, -0.05) is 26.1 Å². The molecule has 24 heavy (non-hydrogen) atoms. The number of rotatable bonds is 11. The van der Waals surface area contributed by atoms with E-state index in [4.69, 9.17) is 26.5 Å². The van der Waals surface area contributed by atoms with Crippen LogP contribution in [0.25, 0.3) is 0 Å². The van der Waals surface area contributed by atoms with E-state index in [0.29, 0.717) is 37.3 Å². The Kier molecular flexibility index (Phi) is 9.43. The van der Waals surface area contributed by atoms with Gasteiger partial charge in [-0.3, -0.25) is 9.59 Å². The largest absolute Gasteiger partial charge is 0.378 e. The topological polar surface area (TPSA) is 94.2 Å². The minimum Gasteiger partial charge on any atom is -0.378 e. The molecule has 1 heterocycles. The maximum atomic E-state index is 11.5. The van der Waals surface area contributed by atoms with E-state index < -0.39 is 17.8 Å². The lowest BCUT2D eigenvalue weighted by molar-refractivity contribution is -0.198. The van der Waals surface area contributed by atoms with Crippen LogP contribution in [0.3, 0.4) is 0 Å². The van der Waals surface area contributed by atoms with E-state index in [0.717, 1.165) is 4.99 Å². The molecule has 0 saturated carbocycles. The number of nitrogens with zero attached hydrogens (tertiary/aromatic N) is 1. The fourth-order valence-corrected chi connectivity index (χ4v) is 1.84. The highest BCUT2D eigenvalue weighted by Gasteiger charge is 2.32. The van der Waals surface area contributed by atoms with E-state index in [1.807, 2.05) is 13.8 Å². The Labute approximate surface area is 146 Å². The normalized spacial score (nSPS) is 14.4. The lowest BCUT2D eigenvalue weighted by Gasteiger charge is -2.12. The maximum absolute atomic E-state index is 11.5. The van der Waals surface area contributed by atoms with E-state index >= 15 is 0 Å². The Hall–Kier alpha value is -1.58. The van der Waals surface area contributed by atoms with Crippen molar-refractivity contribution in [3.63, 3.8) is 0 Å². The number of imide groups is 1. The van der Waals surface area contributed by atoms with Gasteiger partial charge < -0.3 is 19.6 Å². The van der Waals surface area contributed by atoms with Crippen molar-refractivity contribution in [2.75, 3.05) is 33.0 Å². The molecule has 8 nitrogen and oxygen atoms in total. The molecule has 1 fully saturated rings. The van der Waals surface area contributed by atoms with Crippen LogP contribution in [0, 0.1) is 5.92 Å². The second kappa shape index (κ2) is 11.1. The highest BCUT2D eigenvalue weighted by Crippen LogP contribution is 2.12. The number of ether oxygens (including phenoxy) is 2. The number of hydroxylamine groups is 2. The first-order valence-corrected chi connectivity index (χ1v) is 8.32. The van der Waals surface area contributed by atoms with Gasteiger partial charge in [-0.15, -0.1) is 5.06 Å². The molecule has 0 bridgehead atoms. The molecule has 0 aliphatic carbocycles. The van der Waals surface area contributed by atoms with Crippen LogP contribution in [0.5, 0.6) is 0 Å². The summed E-state index contributed by atoms with van der Waals surface area (Å²) in [5, 5.41) is 3.61. The third-order valence-corrected chi connectivity index (χ3v) is 3.71. The van der Waals surface area contributed by atoms with Crippen molar-refractivity contribution in [1.29, 1.82) is 0 Å². The van der Waals surface area contributed by atoms with Crippen molar-refractivity contribution in [3.8, 4) is 0 Å². The lowest BCUT2D eigenvalue weighted by Crippen LogP contribution is -2.32. The number of carbonyl (C=O) groups excluding carboxylic acids is 3. The van der Waals surface area contributed by atoms with Crippen LogP contribution >= 0.6 is 12.2 Å². The number of thiocarbonyl (C=S) groups is 1. The molecule has 1 aliphatic rings. The minimum atomic E-state index is -0.675. The predicted octanol–water partition coefficient (Wildman–Crippen LogP) is 0.590. The second-order valence-electron chi connectivity index (χ2n) is 5.47. The van der Waals surface area contributed by atoms with Crippen LogP contribution in [-0.4, -0.2) is 60.8 Å². The van der Waals surface area contributed by atoms with Gasteiger partial charge in [-0.05, 0) is 0 Å². The summed E-state index contributed by atoms with van der Waals surface area (Å²) >= 11 is 5.12. The first kappa shape index (κ1) is 20.5. The summed E-state index contributed by atoms with van der Waals surface area (Å²) in [6, 6.07) is 0. The Morgan fingerprint density at radius 1 is 1.12 bits per heavy atom. The summed E-state index contributed by atoms with van der Waals surface area (Å²) in [5.41, 5.74) is 0. The van der Waals surface area contributed by atoms with Crippen molar-refractivity contribution >= 4 is 35.0 Å². The lowest BCUT2D eigenvalue weighted by atomic mass is 10.2. The number of amides is 2. The average molecular weight is 360 g/mol. The van der Waals surface area contributed by atoms with E-state index in [1.165, 1.54) is 0 Å². The molecule has 2 amide bonds. The number of hydrogen-bond donors (Lipinski definition) is 1. The van der Waals surface area contributed by atoms with Crippen LogP contribution in [0.1, 0.15) is 33.1 Å². The van der Waals surface area contributed by atoms with Gasteiger partial charge >= 0.3 is 5.97 Å². The third-order valence-electron chi connectivity index (χ3n) is 3.09. The van der Waals surface area contributed by atoms with Crippen molar-refractivity contribution < 1.29 is 28.7 Å². The molecular weight excluding hydrogens is 336 g/mol. The molecule has 1 saturated heterocycles. The first-order chi connectivity index (χ1) is 11.4.